The molecule has 0 amide bonds. The molecular formula is C29H27F2N7O2. The molecule has 5 aromatic rings. The Morgan fingerprint density at radius 2 is 1.75 bits per heavy atom. The molecule has 9 nitrogen and oxygen atoms in total. The first-order valence-corrected chi connectivity index (χ1v) is 12.9. The SMILES string of the molecule is COc1ccc2cc([C@@H](c3nnnn3Cc3ccc(F)cc3)N3CCN(c4ccccc4F)CC3)c(=O)[nH]c2c1. The molecule has 6 rings (SSSR count). The van der Waals surface area contributed by atoms with Crippen molar-refractivity contribution in [1.82, 2.24) is 30.1 Å². The molecule has 3 aromatic carbocycles. The summed E-state index contributed by atoms with van der Waals surface area (Å²) in [5.74, 6) is 0.532. The van der Waals surface area contributed by atoms with Crippen molar-refractivity contribution >= 4 is 16.6 Å². The van der Waals surface area contributed by atoms with Gasteiger partial charge in [0.15, 0.2) is 5.82 Å². The molecule has 0 aliphatic carbocycles. The molecule has 0 saturated carbocycles. The van der Waals surface area contributed by atoms with Gasteiger partial charge in [0, 0.05) is 37.8 Å². The van der Waals surface area contributed by atoms with Gasteiger partial charge in [-0.25, -0.2) is 13.5 Å². The van der Waals surface area contributed by atoms with Crippen LogP contribution in [0.4, 0.5) is 14.5 Å². The summed E-state index contributed by atoms with van der Waals surface area (Å²) in [4.78, 5) is 20.7. The van der Waals surface area contributed by atoms with Crippen LogP contribution in [0, 0.1) is 11.6 Å². The molecule has 0 radical (unpaired) electrons. The van der Waals surface area contributed by atoms with E-state index >= 15 is 0 Å². The first kappa shape index (κ1) is 25.6. The van der Waals surface area contributed by atoms with Gasteiger partial charge in [-0.05, 0) is 63.8 Å². The van der Waals surface area contributed by atoms with E-state index in [1.165, 1.54) is 18.2 Å². The fourth-order valence-corrected chi connectivity index (χ4v) is 5.24. The third-order valence-electron chi connectivity index (χ3n) is 7.30. The first-order chi connectivity index (χ1) is 19.5. The summed E-state index contributed by atoms with van der Waals surface area (Å²) in [7, 11) is 1.57. The molecule has 1 N–H and O–H groups in total. The quantitative estimate of drug-likeness (QED) is 0.334. The molecule has 0 bridgehead atoms. The molecule has 1 aliphatic rings. The molecule has 204 valence electrons. The van der Waals surface area contributed by atoms with E-state index in [2.05, 4.69) is 25.4 Å². The van der Waals surface area contributed by atoms with Gasteiger partial charge in [0.1, 0.15) is 23.4 Å². The molecule has 1 saturated heterocycles. The lowest BCUT2D eigenvalue weighted by molar-refractivity contribution is 0.200. The monoisotopic (exact) mass is 543 g/mol. The molecule has 0 spiro atoms. The smallest absolute Gasteiger partial charge is 0.253 e. The Balaban J connectivity index is 1.39. The first-order valence-electron chi connectivity index (χ1n) is 12.9. The standard InChI is InChI=1S/C29H27F2N7O2/c1-40-22-11-8-20-16-23(29(39)32-25(20)17-22)27(28-33-34-35-38(28)18-19-6-9-21(30)10-7-19)37-14-12-36(13-15-37)26-5-3-2-4-24(26)31/h2-11,16-17,27H,12-15,18H2,1H3,(H,32,39)/t27-/m0/s1. The maximum Gasteiger partial charge on any atom is 0.253 e. The lowest BCUT2D eigenvalue weighted by Crippen LogP contribution is -2.49. The van der Waals surface area contributed by atoms with E-state index in [-0.39, 0.29) is 17.2 Å². The molecule has 3 heterocycles. The van der Waals surface area contributed by atoms with Gasteiger partial charge in [0.05, 0.1) is 24.9 Å². The number of halogens is 2. The predicted molar refractivity (Wildman–Crippen MR) is 146 cm³/mol. The van der Waals surface area contributed by atoms with Crippen molar-refractivity contribution in [3.05, 3.63) is 112 Å². The van der Waals surface area contributed by atoms with Gasteiger partial charge in [0.25, 0.3) is 5.56 Å². The second-order valence-corrected chi connectivity index (χ2v) is 9.71. The zero-order valence-electron chi connectivity index (χ0n) is 21.8. The van der Waals surface area contributed by atoms with Crippen LogP contribution in [-0.2, 0) is 6.54 Å². The summed E-state index contributed by atoms with van der Waals surface area (Å²) in [5.41, 5.74) is 2.25. The number of anilines is 1. The van der Waals surface area contributed by atoms with Crippen molar-refractivity contribution in [1.29, 1.82) is 0 Å². The number of aromatic nitrogens is 5. The average molecular weight is 544 g/mol. The van der Waals surface area contributed by atoms with Crippen molar-refractivity contribution in [2.45, 2.75) is 12.6 Å². The van der Waals surface area contributed by atoms with Crippen LogP contribution in [0.1, 0.15) is 23.0 Å². The molecule has 1 atom stereocenters. The van der Waals surface area contributed by atoms with Crippen LogP contribution < -0.4 is 15.2 Å². The van der Waals surface area contributed by atoms with Gasteiger partial charge >= 0.3 is 0 Å². The van der Waals surface area contributed by atoms with Gasteiger partial charge in [-0.2, -0.15) is 0 Å². The Morgan fingerprint density at radius 3 is 2.50 bits per heavy atom. The third-order valence-corrected chi connectivity index (χ3v) is 7.30. The van der Waals surface area contributed by atoms with Crippen LogP contribution in [-0.4, -0.2) is 63.4 Å². The number of fused-ring (bicyclic) bond motifs is 1. The summed E-state index contributed by atoms with van der Waals surface area (Å²) in [6, 6.07) is 19.7. The minimum atomic E-state index is -0.575. The summed E-state index contributed by atoms with van der Waals surface area (Å²) >= 11 is 0. The maximum absolute atomic E-state index is 14.5. The van der Waals surface area contributed by atoms with E-state index in [1.807, 2.05) is 29.2 Å². The molecule has 1 fully saturated rings. The minimum Gasteiger partial charge on any atom is -0.497 e. The van der Waals surface area contributed by atoms with Crippen molar-refractivity contribution < 1.29 is 13.5 Å². The van der Waals surface area contributed by atoms with E-state index in [0.717, 1.165) is 10.9 Å². The van der Waals surface area contributed by atoms with Crippen molar-refractivity contribution in [2.24, 2.45) is 0 Å². The topological polar surface area (TPSA) is 92.2 Å². The average Bonchev–Trinajstić information content (AvgIpc) is 3.42. The number of ether oxygens (including phenoxy) is 1. The van der Waals surface area contributed by atoms with E-state index in [0.29, 0.717) is 61.1 Å². The third kappa shape index (κ3) is 5.03. The molecule has 0 unspecified atom stereocenters. The van der Waals surface area contributed by atoms with Crippen LogP contribution >= 0.6 is 0 Å². The minimum absolute atomic E-state index is 0.265. The Morgan fingerprint density at radius 1 is 0.975 bits per heavy atom. The number of para-hydroxylation sites is 1. The van der Waals surface area contributed by atoms with Gasteiger partial charge in [-0.1, -0.05) is 24.3 Å². The largest absolute Gasteiger partial charge is 0.497 e. The number of H-pyrrole nitrogens is 1. The van der Waals surface area contributed by atoms with Crippen LogP contribution in [0.15, 0.2) is 77.6 Å². The number of nitrogens with zero attached hydrogens (tertiary/aromatic N) is 6. The molecule has 11 heteroatoms. The van der Waals surface area contributed by atoms with Crippen molar-refractivity contribution in [3.63, 3.8) is 0 Å². The van der Waals surface area contributed by atoms with E-state index in [4.69, 9.17) is 4.74 Å². The highest BCUT2D eigenvalue weighted by molar-refractivity contribution is 5.80. The van der Waals surface area contributed by atoms with Gasteiger partial charge < -0.3 is 14.6 Å². The molecule has 1 aliphatic heterocycles. The normalized spacial score (nSPS) is 14.9. The summed E-state index contributed by atoms with van der Waals surface area (Å²) in [5, 5.41) is 13.3. The van der Waals surface area contributed by atoms with E-state index in [9.17, 15) is 13.6 Å². The maximum atomic E-state index is 14.5. The summed E-state index contributed by atoms with van der Waals surface area (Å²) < 4.78 is 35.0. The lowest BCUT2D eigenvalue weighted by atomic mass is 10.0. The van der Waals surface area contributed by atoms with E-state index in [1.54, 1.807) is 42.1 Å². The van der Waals surface area contributed by atoms with E-state index < -0.39 is 6.04 Å². The fourth-order valence-electron chi connectivity index (χ4n) is 5.24. The highest BCUT2D eigenvalue weighted by Gasteiger charge is 2.33. The van der Waals surface area contributed by atoms with Crippen LogP contribution in [0.2, 0.25) is 0 Å². The number of hydrogen-bond acceptors (Lipinski definition) is 7. The Kier molecular flexibility index (Phi) is 6.95. The Hall–Kier alpha value is -4.64. The van der Waals surface area contributed by atoms with Crippen LogP contribution in [0.25, 0.3) is 10.9 Å². The summed E-state index contributed by atoms with van der Waals surface area (Å²) in [6.07, 6.45) is 0. The molecule has 2 aromatic heterocycles. The number of hydrogen-bond donors (Lipinski definition) is 1. The Labute approximate surface area is 228 Å². The highest BCUT2D eigenvalue weighted by atomic mass is 19.1. The highest BCUT2D eigenvalue weighted by Crippen LogP contribution is 2.30. The number of aromatic amines is 1. The number of piperazine rings is 1. The number of nitrogens with one attached hydrogen (secondary N) is 1. The zero-order valence-corrected chi connectivity index (χ0v) is 21.8. The van der Waals surface area contributed by atoms with Crippen molar-refractivity contribution in [2.75, 3.05) is 38.2 Å². The second kappa shape index (κ2) is 10.9. The van der Waals surface area contributed by atoms with Gasteiger partial charge in [0.2, 0.25) is 0 Å². The number of tetrazole rings is 1. The van der Waals surface area contributed by atoms with Crippen LogP contribution in [0.5, 0.6) is 5.75 Å². The van der Waals surface area contributed by atoms with Crippen LogP contribution in [0.3, 0.4) is 0 Å². The number of pyridine rings is 1. The van der Waals surface area contributed by atoms with Gasteiger partial charge in [-0.3, -0.25) is 9.69 Å². The summed E-state index contributed by atoms with van der Waals surface area (Å²) in [6.45, 7) is 2.50. The Bertz CT molecular complexity index is 1700. The number of rotatable bonds is 7. The number of methoxy groups -OCH3 is 1. The fraction of sp³-hybridized carbons (Fsp3) is 0.241. The van der Waals surface area contributed by atoms with Crippen molar-refractivity contribution in [3.8, 4) is 5.75 Å². The second-order valence-electron chi connectivity index (χ2n) is 9.71. The zero-order chi connectivity index (χ0) is 27.6. The van der Waals surface area contributed by atoms with Gasteiger partial charge in [-0.15, -0.1) is 5.10 Å². The molecule has 40 heavy (non-hydrogen) atoms. The predicted octanol–water partition coefficient (Wildman–Crippen LogP) is 3.76. The lowest BCUT2D eigenvalue weighted by Gasteiger charge is -2.39. The molecular weight excluding hydrogens is 516 g/mol. The number of benzene rings is 3.